The van der Waals surface area contributed by atoms with Crippen molar-refractivity contribution < 1.29 is 9.53 Å². The van der Waals surface area contributed by atoms with Crippen molar-refractivity contribution in [3.63, 3.8) is 0 Å². The Bertz CT molecular complexity index is 265. The van der Waals surface area contributed by atoms with Crippen LogP contribution < -0.4 is 5.32 Å². The summed E-state index contributed by atoms with van der Waals surface area (Å²) in [6.07, 6.45) is -0.178. The summed E-state index contributed by atoms with van der Waals surface area (Å²) < 4.78 is 5.39. The van der Waals surface area contributed by atoms with Gasteiger partial charge in [0, 0.05) is 34.3 Å². The molecule has 1 N–H and O–H groups in total. The Balaban J connectivity index is 2.57. The molecule has 0 aromatic carbocycles. The summed E-state index contributed by atoms with van der Waals surface area (Å²) in [4.78, 5) is 13.7. The van der Waals surface area contributed by atoms with Gasteiger partial charge in [-0.25, -0.2) is 4.79 Å². The molecule has 1 aliphatic heterocycles. The number of nitrogens with zero attached hydrogens (tertiary/aromatic N) is 1. The zero-order valence-electron chi connectivity index (χ0n) is 11.1. The highest BCUT2D eigenvalue weighted by atomic mass is 28.2. The van der Waals surface area contributed by atoms with Crippen molar-refractivity contribution in [3.05, 3.63) is 0 Å². The second kappa shape index (κ2) is 4.75. The van der Waals surface area contributed by atoms with E-state index in [0.29, 0.717) is 0 Å². The van der Waals surface area contributed by atoms with Gasteiger partial charge in [0.2, 0.25) is 0 Å². The van der Waals surface area contributed by atoms with Crippen LogP contribution in [-0.2, 0) is 4.74 Å². The van der Waals surface area contributed by atoms with E-state index in [0.717, 1.165) is 19.6 Å². The third kappa shape index (κ3) is 3.79. The van der Waals surface area contributed by atoms with Gasteiger partial charge in [-0.15, -0.1) is 0 Å². The van der Waals surface area contributed by atoms with Crippen LogP contribution in [0.2, 0.25) is 6.55 Å². The average molecular weight is 244 g/mol. The number of carbonyl (C=O) groups is 1. The zero-order valence-corrected chi connectivity index (χ0v) is 12.5. The average Bonchev–Trinajstić information content (AvgIpc) is 2.15. The van der Waals surface area contributed by atoms with Gasteiger partial charge in [0.15, 0.2) is 0 Å². The van der Waals surface area contributed by atoms with Crippen LogP contribution in [0.15, 0.2) is 0 Å². The molecule has 16 heavy (non-hydrogen) atoms. The number of hydrogen-bond donors (Lipinski definition) is 1. The largest absolute Gasteiger partial charge is 0.444 e. The topological polar surface area (TPSA) is 41.6 Å². The number of carbonyl (C=O) groups excluding carboxylic acids is 1. The van der Waals surface area contributed by atoms with Gasteiger partial charge in [-0.05, 0) is 27.7 Å². The van der Waals surface area contributed by atoms with Gasteiger partial charge < -0.3 is 15.0 Å². The predicted octanol–water partition coefficient (Wildman–Crippen LogP) is 0.760. The first-order valence-electron chi connectivity index (χ1n) is 5.99. The quantitative estimate of drug-likeness (QED) is 0.693. The number of nitrogens with one attached hydrogen (secondary N) is 1. The van der Waals surface area contributed by atoms with Gasteiger partial charge in [0.1, 0.15) is 5.60 Å². The molecule has 1 atom stereocenters. The fourth-order valence-electron chi connectivity index (χ4n) is 1.77. The number of ether oxygens (including phenoxy) is 1. The Morgan fingerprint density at radius 2 is 2.12 bits per heavy atom. The lowest BCUT2D eigenvalue weighted by Crippen LogP contribution is -2.62. The van der Waals surface area contributed by atoms with Gasteiger partial charge in [-0.2, -0.15) is 0 Å². The maximum atomic E-state index is 11.9. The Labute approximate surface area is 101 Å². The Hall–Kier alpha value is -0.553. The number of hydrogen-bond acceptors (Lipinski definition) is 3. The summed E-state index contributed by atoms with van der Waals surface area (Å²) in [5.74, 6) is 0. The lowest BCUT2D eigenvalue weighted by atomic mass is 10.2. The van der Waals surface area contributed by atoms with E-state index in [9.17, 15) is 4.79 Å². The molecule has 0 aromatic heterocycles. The normalized spacial score (nSPS) is 27.4. The molecular weight excluding hydrogens is 220 g/mol. The minimum absolute atomic E-state index is 0.162. The summed E-state index contributed by atoms with van der Waals surface area (Å²) in [6.45, 7) is 12.6. The second-order valence-electron chi connectivity index (χ2n) is 5.74. The van der Waals surface area contributed by atoms with Crippen LogP contribution in [0.1, 0.15) is 27.7 Å². The highest BCUT2D eigenvalue weighted by Crippen LogP contribution is 2.14. The van der Waals surface area contributed by atoms with Crippen molar-refractivity contribution in [2.45, 2.75) is 45.0 Å². The summed E-state index contributed by atoms with van der Waals surface area (Å²) in [6, 6.07) is 0. The third-order valence-corrected chi connectivity index (χ3v) is 4.94. The molecule has 1 amide bonds. The standard InChI is InChI=1S/C11H24N2O2Si/c1-10(2,3)15-9(14)13-7-6-12-11(4,8-13)16-5/h12H,6-8,16H2,1-5H3/t11-/m0/s1. The van der Waals surface area contributed by atoms with E-state index < -0.39 is 5.60 Å². The molecule has 0 aliphatic carbocycles. The maximum Gasteiger partial charge on any atom is 0.410 e. The van der Waals surface area contributed by atoms with Crippen molar-refractivity contribution >= 4 is 15.6 Å². The molecule has 94 valence electrons. The monoisotopic (exact) mass is 244 g/mol. The van der Waals surface area contributed by atoms with E-state index in [1.54, 1.807) is 0 Å². The predicted molar refractivity (Wildman–Crippen MR) is 68.6 cm³/mol. The Morgan fingerprint density at radius 3 is 2.62 bits per heavy atom. The molecule has 0 spiro atoms. The van der Waals surface area contributed by atoms with Crippen LogP contribution in [-0.4, -0.2) is 50.9 Å². The summed E-state index contributed by atoms with van der Waals surface area (Å²) in [5, 5.41) is 3.67. The van der Waals surface area contributed by atoms with Gasteiger partial charge in [0.25, 0.3) is 0 Å². The summed E-state index contributed by atoms with van der Waals surface area (Å²) >= 11 is 0. The van der Waals surface area contributed by atoms with Gasteiger partial charge >= 0.3 is 6.09 Å². The molecule has 1 aliphatic rings. The molecule has 0 radical (unpaired) electrons. The van der Waals surface area contributed by atoms with Crippen molar-refractivity contribution in [2.75, 3.05) is 19.6 Å². The first-order chi connectivity index (χ1) is 7.26. The fraction of sp³-hybridized carbons (Fsp3) is 0.909. The van der Waals surface area contributed by atoms with Crippen LogP contribution in [0.4, 0.5) is 4.79 Å². The molecule has 4 nitrogen and oxygen atoms in total. The van der Waals surface area contributed by atoms with E-state index in [4.69, 9.17) is 4.74 Å². The van der Waals surface area contributed by atoms with Crippen LogP contribution in [0.25, 0.3) is 0 Å². The maximum absolute atomic E-state index is 11.9. The van der Waals surface area contributed by atoms with E-state index >= 15 is 0 Å². The van der Waals surface area contributed by atoms with E-state index in [1.165, 1.54) is 0 Å². The molecule has 1 saturated heterocycles. The fourth-order valence-corrected chi connectivity index (χ4v) is 2.69. The lowest BCUT2D eigenvalue weighted by Gasteiger charge is -2.41. The number of amides is 1. The third-order valence-electron chi connectivity index (χ3n) is 2.91. The molecule has 0 bridgehead atoms. The first-order valence-corrected chi connectivity index (χ1v) is 8.11. The second-order valence-corrected chi connectivity index (χ2v) is 8.01. The highest BCUT2D eigenvalue weighted by molar-refractivity contribution is 6.38. The SMILES string of the molecule is C[SiH2][C@@]1(C)CN(C(=O)OC(C)(C)C)CCN1. The van der Waals surface area contributed by atoms with Crippen molar-refractivity contribution in [2.24, 2.45) is 0 Å². The Morgan fingerprint density at radius 1 is 1.50 bits per heavy atom. The van der Waals surface area contributed by atoms with E-state index in [2.05, 4.69) is 18.8 Å². The van der Waals surface area contributed by atoms with Crippen LogP contribution in [0, 0.1) is 0 Å². The smallest absolute Gasteiger partial charge is 0.410 e. The molecule has 1 rings (SSSR count). The molecule has 0 saturated carbocycles. The minimum atomic E-state index is -0.401. The molecular formula is C11H24N2O2Si. The zero-order chi connectivity index (χ0) is 12.4. The van der Waals surface area contributed by atoms with Crippen molar-refractivity contribution in [1.29, 1.82) is 0 Å². The number of rotatable bonds is 1. The van der Waals surface area contributed by atoms with Gasteiger partial charge in [0.05, 0.1) is 0 Å². The molecule has 1 fully saturated rings. The highest BCUT2D eigenvalue weighted by Gasteiger charge is 2.33. The van der Waals surface area contributed by atoms with Gasteiger partial charge in [-0.1, -0.05) is 6.55 Å². The minimum Gasteiger partial charge on any atom is -0.444 e. The molecule has 1 heterocycles. The van der Waals surface area contributed by atoms with Crippen molar-refractivity contribution in [1.82, 2.24) is 10.2 Å². The molecule has 0 aromatic rings. The van der Waals surface area contributed by atoms with E-state index in [-0.39, 0.29) is 20.8 Å². The summed E-state index contributed by atoms with van der Waals surface area (Å²) in [5.41, 5.74) is -0.401. The molecule has 0 unspecified atom stereocenters. The van der Waals surface area contributed by atoms with Crippen LogP contribution in [0.5, 0.6) is 0 Å². The lowest BCUT2D eigenvalue weighted by molar-refractivity contribution is 0.0182. The number of piperazine rings is 1. The van der Waals surface area contributed by atoms with Crippen molar-refractivity contribution in [3.8, 4) is 0 Å². The first kappa shape index (κ1) is 13.5. The molecule has 5 heteroatoms. The summed E-state index contributed by atoms with van der Waals surface area (Å²) in [7, 11) is -0.194. The van der Waals surface area contributed by atoms with Gasteiger partial charge in [-0.3, -0.25) is 0 Å². The van der Waals surface area contributed by atoms with Crippen LogP contribution >= 0.6 is 0 Å². The van der Waals surface area contributed by atoms with E-state index in [1.807, 2.05) is 25.7 Å². The Kier molecular flexibility index (Phi) is 4.01. The van der Waals surface area contributed by atoms with Crippen LogP contribution in [0.3, 0.4) is 0 Å².